The number of nitrogens with zero attached hydrogens (tertiary/aromatic N) is 1. The van der Waals surface area contributed by atoms with Crippen LogP contribution in [0.1, 0.15) is 23.4 Å². The largest absolute Gasteiger partial charge is 0.492 e. The molecular weight excluding hydrogens is 300 g/mol. The van der Waals surface area contributed by atoms with Crippen LogP contribution in [-0.4, -0.2) is 11.6 Å². The van der Waals surface area contributed by atoms with Crippen molar-refractivity contribution >= 4 is 27.3 Å². The average molecular weight is 313 g/mol. The standard InChI is InChI=1S/C12H13BrN2OS/c1-2-16-9-5-8(6-15-7-9)11(14)12-10(13)3-4-17-12/h3-7,11H,2,14H2,1H3. The lowest BCUT2D eigenvalue weighted by Gasteiger charge is -2.12. The molecule has 0 aliphatic heterocycles. The van der Waals surface area contributed by atoms with Crippen molar-refractivity contribution in [1.82, 2.24) is 4.98 Å². The Balaban J connectivity index is 2.28. The molecule has 0 aliphatic rings. The van der Waals surface area contributed by atoms with E-state index in [1.165, 1.54) is 0 Å². The molecule has 3 nitrogen and oxygen atoms in total. The molecule has 2 N–H and O–H groups in total. The van der Waals surface area contributed by atoms with Gasteiger partial charge in [0.15, 0.2) is 0 Å². The molecule has 0 fully saturated rings. The van der Waals surface area contributed by atoms with Crippen molar-refractivity contribution in [3.05, 3.63) is 44.8 Å². The molecular formula is C12H13BrN2OS. The van der Waals surface area contributed by atoms with Gasteiger partial charge in [0.25, 0.3) is 0 Å². The summed E-state index contributed by atoms with van der Waals surface area (Å²) in [4.78, 5) is 5.25. The van der Waals surface area contributed by atoms with Crippen LogP contribution in [0.25, 0.3) is 0 Å². The van der Waals surface area contributed by atoms with E-state index < -0.39 is 0 Å². The lowest BCUT2D eigenvalue weighted by molar-refractivity contribution is 0.338. The molecule has 0 aliphatic carbocycles. The minimum atomic E-state index is -0.169. The van der Waals surface area contributed by atoms with Gasteiger partial charge in [-0.1, -0.05) is 0 Å². The Kier molecular flexibility index (Phi) is 4.15. The fourth-order valence-electron chi connectivity index (χ4n) is 1.53. The van der Waals surface area contributed by atoms with E-state index in [4.69, 9.17) is 10.5 Å². The van der Waals surface area contributed by atoms with Crippen molar-refractivity contribution in [1.29, 1.82) is 0 Å². The third-order valence-corrected chi connectivity index (χ3v) is 4.29. The van der Waals surface area contributed by atoms with Crippen LogP contribution in [-0.2, 0) is 0 Å². The molecule has 0 aromatic carbocycles. The van der Waals surface area contributed by atoms with E-state index in [9.17, 15) is 0 Å². The maximum atomic E-state index is 6.21. The van der Waals surface area contributed by atoms with Gasteiger partial charge in [-0.3, -0.25) is 4.98 Å². The van der Waals surface area contributed by atoms with Crippen molar-refractivity contribution in [2.45, 2.75) is 13.0 Å². The second-order valence-electron chi connectivity index (χ2n) is 3.50. The Labute approximate surface area is 113 Å². The van der Waals surface area contributed by atoms with Crippen molar-refractivity contribution in [3.63, 3.8) is 0 Å². The van der Waals surface area contributed by atoms with Crippen molar-refractivity contribution in [2.24, 2.45) is 5.73 Å². The van der Waals surface area contributed by atoms with Gasteiger partial charge in [-0.15, -0.1) is 11.3 Å². The average Bonchev–Trinajstić information content (AvgIpc) is 2.75. The SMILES string of the molecule is CCOc1cncc(C(N)c2sccc2Br)c1. The highest BCUT2D eigenvalue weighted by atomic mass is 79.9. The maximum absolute atomic E-state index is 6.21. The summed E-state index contributed by atoms with van der Waals surface area (Å²) in [5.74, 6) is 0.758. The summed E-state index contributed by atoms with van der Waals surface area (Å²) in [6.45, 7) is 2.57. The van der Waals surface area contributed by atoms with Gasteiger partial charge in [0.2, 0.25) is 0 Å². The molecule has 0 amide bonds. The van der Waals surface area contributed by atoms with Crippen molar-refractivity contribution in [2.75, 3.05) is 6.61 Å². The number of hydrogen-bond acceptors (Lipinski definition) is 4. The molecule has 1 atom stereocenters. The molecule has 5 heteroatoms. The molecule has 2 rings (SSSR count). The van der Waals surface area contributed by atoms with Crippen molar-refractivity contribution < 1.29 is 4.74 Å². The zero-order valence-corrected chi connectivity index (χ0v) is 11.8. The molecule has 90 valence electrons. The number of thiophene rings is 1. The predicted octanol–water partition coefficient (Wildman–Crippen LogP) is 3.35. The summed E-state index contributed by atoms with van der Waals surface area (Å²) in [5.41, 5.74) is 7.17. The first kappa shape index (κ1) is 12.5. The number of nitrogens with two attached hydrogens (primary N) is 1. The summed E-state index contributed by atoms with van der Waals surface area (Å²) in [6.07, 6.45) is 3.47. The van der Waals surface area contributed by atoms with Crippen LogP contribution in [0, 0.1) is 0 Å². The lowest BCUT2D eigenvalue weighted by atomic mass is 10.1. The highest BCUT2D eigenvalue weighted by Crippen LogP contribution is 2.32. The molecule has 0 bridgehead atoms. The smallest absolute Gasteiger partial charge is 0.137 e. The second-order valence-corrected chi connectivity index (χ2v) is 5.30. The summed E-state index contributed by atoms with van der Waals surface area (Å²) in [5, 5.41) is 2.01. The van der Waals surface area contributed by atoms with Gasteiger partial charge in [0, 0.05) is 15.5 Å². The lowest BCUT2D eigenvalue weighted by Crippen LogP contribution is -2.11. The third-order valence-electron chi connectivity index (χ3n) is 2.33. The molecule has 0 saturated carbocycles. The van der Waals surface area contributed by atoms with E-state index in [2.05, 4.69) is 20.9 Å². The van der Waals surface area contributed by atoms with Crippen LogP contribution < -0.4 is 10.5 Å². The van der Waals surface area contributed by atoms with Gasteiger partial charge in [0.1, 0.15) is 5.75 Å². The van der Waals surface area contributed by atoms with E-state index in [0.29, 0.717) is 6.61 Å². The molecule has 17 heavy (non-hydrogen) atoms. The van der Waals surface area contributed by atoms with Gasteiger partial charge in [-0.25, -0.2) is 0 Å². The summed E-state index contributed by atoms with van der Waals surface area (Å²) in [7, 11) is 0. The number of ether oxygens (including phenoxy) is 1. The van der Waals surface area contributed by atoms with Crippen LogP contribution in [0.15, 0.2) is 34.4 Å². The molecule has 2 heterocycles. The van der Waals surface area contributed by atoms with Crippen LogP contribution in [0.5, 0.6) is 5.75 Å². The monoisotopic (exact) mass is 312 g/mol. The summed E-state index contributed by atoms with van der Waals surface area (Å²) in [6, 6.07) is 3.77. The molecule has 0 spiro atoms. The van der Waals surface area contributed by atoms with Crippen LogP contribution >= 0.6 is 27.3 Å². The predicted molar refractivity (Wildman–Crippen MR) is 73.5 cm³/mol. The van der Waals surface area contributed by atoms with E-state index in [-0.39, 0.29) is 6.04 Å². The first-order chi connectivity index (χ1) is 8.22. The van der Waals surface area contributed by atoms with E-state index in [1.807, 2.05) is 24.4 Å². The number of halogens is 1. The topological polar surface area (TPSA) is 48.1 Å². The minimum Gasteiger partial charge on any atom is -0.492 e. The number of pyridine rings is 1. The van der Waals surface area contributed by atoms with E-state index >= 15 is 0 Å². The van der Waals surface area contributed by atoms with E-state index in [0.717, 1.165) is 20.7 Å². The molecule has 2 aromatic heterocycles. The molecule has 2 aromatic rings. The highest BCUT2D eigenvalue weighted by molar-refractivity contribution is 9.10. The first-order valence-corrected chi connectivity index (χ1v) is 6.96. The Bertz CT molecular complexity index is 501. The van der Waals surface area contributed by atoms with Gasteiger partial charge in [-0.2, -0.15) is 0 Å². The third kappa shape index (κ3) is 2.86. The van der Waals surface area contributed by atoms with Gasteiger partial charge in [-0.05, 0) is 45.9 Å². The molecule has 0 radical (unpaired) electrons. The highest BCUT2D eigenvalue weighted by Gasteiger charge is 2.14. The van der Waals surface area contributed by atoms with Crippen LogP contribution in [0.4, 0.5) is 0 Å². The summed E-state index contributed by atoms with van der Waals surface area (Å²) < 4.78 is 6.46. The van der Waals surface area contributed by atoms with Gasteiger partial charge in [0.05, 0.1) is 18.8 Å². The van der Waals surface area contributed by atoms with Crippen molar-refractivity contribution in [3.8, 4) is 5.75 Å². The Hall–Kier alpha value is -0.910. The minimum absolute atomic E-state index is 0.169. The fourth-order valence-corrected chi connectivity index (χ4v) is 3.18. The van der Waals surface area contributed by atoms with Gasteiger partial charge >= 0.3 is 0 Å². The van der Waals surface area contributed by atoms with E-state index in [1.54, 1.807) is 23.7 Å². The second kappa shape index (κ2) is 5.62. The quantitative estimate of drug-likeness (QED) is 0.941. The molecule has 1 unspecified atom stereocenters. The molecule has 0 saturated heterocycles. The Morgan fingerprint density at radius 2 is 2.35 bits per heavy atom. The van der Waals surface area contributed by atoms with Gasteiger partial charge < -0.3 is 10.5 Å². The van der Waals surface area contributed by atoms with Crippen LogP contribution in [0.2, 0.25) is 0 Å². The Morgan fingerprint density at radius 1 is 1.53 bits per heavy atom. The number of aromatic nitrogens is 1. The number of rotatable bonds is 4. The summed E-state index contributed by atoms with van der Waals surface area (Å²) >= 11 is 5.12. The maximum Gasteiger partial charge on any atom is 0.137 e. The first-order valence-electron chi connectivity index (χ1n) is 5.28. The fraction of sp³-hybridized carbons (Fsp3) is 0.250. The number of hydrogen-bond donors (Lipinski definition) is 1. The zero-order valence-electron chi connectivity index (χ0n) is 9.39. The Morgan fingerprint density at radius 3 is 3.00 bits per heavy atom. The van der Waals surface area contributed by atoms with Crippen LogP contribution in [0.3, 0.4) is 0 Å². The zero-order chi connectivity index (χ0) is 12.3. The normalized spacial score (nSPS) is 12.4.